The molecule has 0 saturated carbocycles. The molecule has 0 aliphatic rings. The Morgan fingerprint density at radius 1 is 0.938 bits per heavy atom. The monoisotopic (exact) mass is 238 g/mol. The van der Waals surface area contributed by atoms with Gasteiger partial charge < -0.3 is 6.53 Å². The first-order valence-electron chi connectivity index (χ1n) is 5.19. The van der Waals surface area contributed by atoms with E-state index in [0.717, 1.165) is 17.5 Å². The Kier molecular flexibility index (Phi) is 5.73. The van der Waals surface area contributed by atoms with Crippen LogP contribution in [0.3, 0.4) is 0 Å². The molecule has 1 nitrogen and oxygen atoms in total. The predicted molar refractivity (Wildman–Crippen MR) is 64.0 cm³/mol. The number of hydrogen-bond acceptors (Lipinski definition) is 1. The van der Waals surface area contributed by atoms with Crippen molar-refractivity contribution in [1.82, 2.24) is 0 Å². The molecule has 0 radical (unpaired) electrons. The van der Waals surface area contributed by atoms with E-state index < -0.39 is 0 Å². The van der Waals surface area contributed by atoms with Gasteiger partial charge >= 0.3 is 51.4 Å². The normalized spacial score (nSPS) is 9.56. The minimum atomic E-state index is 0. The molecular weight excluding hydrogens is 223 g/mol. The number of aromatic hydroxyl groups is 1. The molecule has 0 saturated heterocycles. The van der Waals surface area contributed by atoms with Crippen LogP contribution in [-0.4, -0.2) is 5.11 Å². The summed E-state index contributed by atoms with van der Waals surface area (Å²) >= 11 is 0. The van der Waals surface area contributed by atoms with Gasteiger partial charge in [0.15, 0.2) is 0 Å². The predicted octanol–water partition coefficient (Wildman–Crippen LogP) is 0.738. The third-order valence-electron chi connectivity index (χ3n) is 2.59. The molecule has 0 fully saturated rings. The van der Waals surface area contributed by atoms with Gasteiger partial charge in [-0.05, 0) is 23.6 Å². The number of phenols is 1. The standard InChI is InChI=1S/C14H14O.K.H/c1-2-11-7-3-4-8-12(11)13-9-5-6-10-14(13)15;;/h3-10,15H,2H2,1H3;;/q;+1;-1. The molecule has 16 heavy (non-hydrogen) atoms. The van der Waals surface area contributed by atoms with Crippen molar-refractivity contribution in [2.45, 2.75) is 13.3 Å². The maximum atomic E-state index is 9.78. The van der Waals surface area contributed by atoms with E-state index >= 15 is 0 Å². The van der Waals surface area contributed by atoms with Gasteiger partial charge in [-0.2, -0.15) is 0 Å². The molecule has 1 N–H and O–H groups in total. The summed E-state index contributed by atoms with van der Waals surface area (Å²) in [5.74, 6) is 0.346. The zero-order valence-corrected chi connectivity index (χ0v) is 12.9. The zero-order chi connectivity index (χ0) is 10.7. The molecule has 0 unspecified atom stereocenters. The van der Waals surface area contributed by atoms with Crippen molar-refractivity contribution in [3.8, 4) is 16.9 Å². The topological polar surface area (TPSA) is 20.2 Å². The van der Waals surface area contributed by atoms with Gasteiger partial charge in [0.1, 0.15) is 5.75 Å². The molecule has 0 bridgehead atoms. The Morgan fingerprint density at radius 3 is 2.12 bits per heavy atom. The summed E-state index contributed by atoms with van der Waals surface area (Å²) in [7, 11) is 0. The molecule has 2 aromatic carbocycles. The van der Waals surface area contributed by atoms with Gasteiger partial charge in [-0.15, -0.1) is 0 Å². The van der Waals surface area contributed by atoms with Gasteiger partial charge in [-0.25, -0.2) is 0 Å². The molecule has 2 heteroatoms. The minimum absolute atomic E-state index is 0. The quantitative estimate of drug-likeness (QED) is 0.765. The van der Waals surface area contributed by atoms with Crippen molar-refractivity contribution in [3.05, 3.63) is 54.1 Å². The Morgan fingerprint density at radius 2 is 1.50 bits per heavy atom. The second kappa shape index (κ2) is 6.57. The number of phenolic OH excluding ortho intramolecular Hbond substituents is 1. The fourth-order valence-electron chi connectivity index (χ4n) is 1.79. The van der Waals surface area contributed by atoms with Crippen LogP contribution in [0.4, 0.5) is 0 Å². The van der Waals surface area contributed by atoms with Gasteiger partial charge in [0, 0.05) is 5.56 Å². The van der Waals surface area contributed by atoms with E-state index in [1.165, 1.54) is 5.56 Å². The van der Waals surface area contributed by atoms with Gasteiger partial charge in [0.2, 0.25) is 0 Å². The molecule has 0 heterocycles. The van der Waals surface area contributed by atoms with Crippen molar-refractivity contribution >= 4 is 0 Å². The second-order valence-electron chi connectivity index (χ2n) is 3.53. The Hall–Kier alpha value is -0.124. The van der Waals surface area contributed by atoms with Crippen LogP contribution in [0.1, 0.15) is 13.9 Å². The summed E-state index contributed by atoms with van der Waals surface area (Å²) in [6, 6.07) is 15.6. The van der Waals surface area contributed by atoms with E-state index in [1.807, 2.05) is 36.4 Å². The smallest absolute Gasteiger partial charge is 1.00 e. The van der Waals surface area contributed by atoms with Crippen LogP contribution < -0.4 is 51.4 Å². The molecule has 78 valence electrons. The van der Waals surface area contributed by atoms with Crippen LogP contribution in [0.25, 0.3) is 11.1 Å². The molecule has 0 aliphatic heterocycles. The maximum Gasteiger partial charge on any atom is 1.00 e. The van der Waals surface area contributed by atoms with Crippen molar-refractivity contribution in [2.75, 3.05) is 0 Å². The van der Waals surface area contributed by atoms with E-state index in [0.29, 0.717) is 5.75 Å². The summed E-state index contributed by atoms with van der Waals surface area (Å²) in [4.78, 5) is 0. The zero-order valence-electron chi connectivity index (χ0n) is 10.8. The molecule has 2 rings (SSSR count). The largest absolute Gasteiger partial charge is 1.00 e. The van der Waals surface area contributed by atoms with E-state index in [9.17, 15) is 5.11 Å². The molecule has 0 aromatic heterocycles. The van der Waals surface area contributed by atoms with Gasteiger partial charge in [-0.1, -0.05) is 49.4 Å². The minimum Gasteiger partial charge on any atom is -1.00 e. The summed E-state index contributed by atoms with van der Waals surface area (Å²) < 4.78 is 0. The summed E-state index contributed by atoms with van der Waals surface area (Å²) in [6.45, 7) is 2.12. The van der Waals surface area contributed by atoms with Crippen molar-refractivity contribution in [3.63, 3.8) is 0 Å². The maximum absolute atomic E-state index is 9.78. The van der Waals surface area contributed by atoms with Gasteiger partial charge in [0.25, 0.3) is 0 Å². The van der Waals surface area contributed by atoms with Crippen molar-refractivity contribution in [2.24, 2.45) is 0 Å². The average molecular weight is 238 g/mol. The van der Waals surface area contributed by atoms with E-state index in [1.54, 1.807) is 6.07 Å². The SMILES string of the molecule is CCc1ccccc1-c1ccccc1O.[H-].[K+]. The first kappa shape index (κ1) is 13.9. The van der Waals surface area contributed by atoms with Crippen LogP contribution in [0.2, 0.25) is 0 Å². The molecule has 0 aliphatic carbocycles. The Balaban J connectivity index is 0.00000128. The van der Waals surface area contributed by atoms with E-state index in [2.05, 4.69) is 13.0 Å². The number of hydrogen-bond donors (Lipinski definition) is 1. The van der Waals surface area contributed by atoms with Gasteiger partial charge in [-0.3, -0.25) is 0 Å². The summed E-state index contributed by atoms with van der Waals surface area (Å²) in [5.41, 5.74) is 3.30. The third kappa shape index (κ3) is 2.96. The number of rotatable bonds is 2. The van der Waals surface area contributed by atoms with Gasteiger partial charge in [0.05, 0.1) is 0 Å². The van der Waals surface area contributed by atoms with Crippen LogP contribution in [-0.2, 0) is 6.42 Å². The molecule has 0 amide bonds. The van der Waals surface area contributed by atoms with Crippen LogP contribution >= 0.6 is 0 Å². The van der Waals surface area contributed by atoms with E-state index in [-0.39, 0.29) is 52.8 Å². The van der Waals surface area contributed by atoms with Crippen LogP contribution in [0.5, 0.6) is 5.75 Å². The molecule has 0 atom stereocenters. The summed E-state index contributed by atoms with van der Waals surface area (Å²) in [5, 5.41) is 9.78. The van der Waals surface area contributed by atoms with Crippen LogP contribution in [0, 0.1) is 0 Å². The van der Waals surface area contributed by atoms with E-state index in [4.69, 9.17) is 0 Å². The van der Waals surface area contributed by atoms with Crippen LogP contribution in [0.15, 0.2) is 48.5 Å². The first-order valence-corrected chi connectivity index (χ1v) is 5.19. The van der Waals surface area contributed by atoms with Crippen molar-refractivity contribution < 1.29 is 57.9 Å². The molecular formula is C14H15KO. The second-order valence-corrected chi connectivity index (χ2v) is 3.53. The number of benzene rings is 2. The third-order valence-corrected chi connectivity index (χ3v) is 2.59. The first-order chi connectivity index (χ1) is 7.33. The fraction of sp³-hybridized carbons (Fsp3) is 0.143. The fourth-order valence-corrected chi connectivity index (χ4v) is 1.79. The average Bonchev–Trinajstić information content (AvgIpc) is 2.30. The Bertz CT molecular complexity index is 471. The number of aryl methyl sites for hydroxylation is 1. The molecule has 2 aromatic rings. The summed E-state index contributed by atoms with van der Waals surface area (Å²) in [6.07, 6.45) is 0.977. The van der Waals surface area contributed by atoms with Crippen molar-refractivity contribution in [1.29, 1.82) is 0 Å². The Labute approximate surface area is 140 Å². The number of para-hydroxylation sites is 1. The molecule has 0 spiro atoms.